The highest BCUT2D eigenvalue weighted by molar-refractivity contribution is 5.83. The Morgan fingerprint density at radius 1 is 1.09 bits per heavy atom. The maximum absolute atomic E-state index is 13.8. The van der Waals surface area contributed by atoms with Crippen LogP contribution in [0.2, 0.25) is 0 Å². The molecule has 0 radical (unpaired) electrons. The minimum atomic E-state index is -0.0236. The number of rotatable bonds is 10. The van der Waals surface area contributed by atoms with Gasteiger partial charge in [-0.25, -0.2) is 0 Å². The first-order valence-electron chi connectivity index (χ1n) is 13.0. The van der Waals surface area contributed by atoms with Crippen molar-refractivity contribution in [2.45, 2.75) is 65.0 Å². The van der Waals surface area contributed by atoms with Crippen molar-refractivity contribution in [3.8, 4) is 5.75 Å². The maximum atomic E-state index is 13.8. The molecule has 0 spiro atoms. The molecule has 2 aromatic carbocycles. The van der Waals surface area contributed by atoms with Gasteiger partial charge in [-0.1, -0.05) is 93.8 Å². The fourth-order valence-electron chi connectivity index (χ4n) is 5.67. The van der Waals surface area contributed by atoms with Crippen LogP contribution < -0.4 is 4.74 Å². The molecule has 0 bridgehead atoms. The number of carbonyl (C=O) groups excluding carboxylic acids is 1. The van der Waals surface area contributed by atoms with E-state index in [2.05, 4.69) is 73.4 Å². The number of amides is 1. The number of hydrogen-bond donors (Lipinski definition) is 0. The summed E-state index contributed by atoms with van der Waals surface area (Å²) in [6.07, 6.45) is 16.2. The third-order valence-electron chi connectivity index (χ3n) is 7.47. The van der Waals surface area contributed by atoms with E-state index in [-0.39, 0.29) is 23.8 Å². The normalized spacial score (nSPS) is 24.1. The number of methoxy groups -OCH3 is 1. The standard InChI is InChI=1S/C31H39NO2/c1-4-5-6-7-8-10-15-24-19-20-28(34-3)27(21-24)30-26-18-13-14-23(2)29(26)31(33)32(30)22-25-16-11-9-12-17-25/h9-13,15-21,23,26,29-30H,4-8,14,22H2,1-3H3/b15-10+/t23-,26+,29+,30-/m1/s1. The summed E-state index contributed by atoms with van der Waals surface area (Å²) >= 11 is 0. The van der Waals surface area contributed by atoms with E-state index in [4.69, 9.17) is 4.74 Å². The fraction of sp³-hybridized carbons (Fsp3) is 0.452. The topological polar surface area (TPSA) is 29.5 Å². The monoisotopic (exact) mass is 457 g/mol. The molecular weight excluding hydrogens is 418 g/mol. The Kier molecular flexibility index (Phi) is 8.26. The van der Waals surface area contributed by atoms with Crippen molar-refractivity contribution in [3.05, 3.63) is 83.4 Å². The van der Waals surface area contributed by atoms with E-state index in [9.17, 15) is 4.79 Å². The van der Waals surface area contributed by atoms with Crippen molar-refractivity contribution >= 4 is 12.0 Å². The summed E-state index contributed by atoms with van der Waals surface area (Å²) in [5.74, 6) is 1.68. The molecule has 3 heteroatoms. The van der Waals surface area contributed by atoms with Crippen molar-refractivity contribution in [2.75, 3.05) is 7.11 Å². The Hall–Kier alpha value is -2.81. The molecule has 1 heterocycles. The number of fused-ring (bicyclic) bond motifs is 1. The van der Waals surface area contributed by atoms with E-state index in [0.29, 0.717) is 12.5 Å². The first-order valence-corrected chi connectivity index (χ1v) is 13.0. The molecule has 1 saturated heterocycles. The lowest BCUT2D eigenvalue weighted by Crippen LogP contribution is -2.30. The predicted octanol–water partition coefficient (Wildman–Crippen LogP) is 7.59. The second-order valence-corrected chi connectivity index (χ2v) is 9.89. The molecule has 4 atom stereocenters. The van der Waals surface area contributed by atoms with Crippen LogP contribution in [0.15, 0.2) is 66.8 Å². The van der Waals surface area contributed by atoms with Gasteiger partial charge in [-0.3, -0.25) is 4.79 Å². The Morgan fingerprint density at radius 3 is 2.68 bits per heavy atom. The lowest BCUT2D eigenvalue weighted by molar-refractivity contribution is -0.134. The predicted molar refractivity (Wildman–Crippen MR) is 140 cm³/mol. The fourth-order valence-corrected chi connectivity index (χ4v) is 5.67. The number of unbranched alkanes of at least 4 members (excludes halogenated alkanes) is 4. The number of benzene rings is 2. The Labute approximate surface area is 205 Å². The Morgan fingerprint density at radius 2 is 1.91 bits per heavy atom. The van der Waals surface area contributed by atoms with E-state index in [1.54, 1.807) is 7.11 Å². The van der Waals surface area contributed by atoms with Crippen LogP contribution in [0.3, 0.4) is 0 Å². The van der Waals surface area contributed by atoms with E-state index >= 15 is 0 Å². The lowest BCUT2D eigenvalue weighted by atomic mass is 9.75. The van der Waals surface area contributed by atoms with Crippen LogP contribution in [0.4, 0.5) is 0 Å². The quantitative estimate of drug-likeness (QED) is 0.272. The zero-order valence-corrected chi connectivity index (χ0v) is 21.0. The molecule has 2 aromatic rings. The van der Waals surface area contributed by atoms with Gasteiger partial charge in [0.1, 0.15) is 5.75 Å². The first-order chi connectivity index (χ1) is 16.6. The molecule has 0 N–H and O–H groups in total. The smallest absolute Gasteiger partial charge is 0.227 e. The van der Waals surface area contributed by atoms with Gasteiger partial charge in [0.25, 0.3) is 0 Å². The molecule has 4 rings (SSSR count). The SMILES string of the molecule is CCCCCC/C=C/c1ccc(OC)c([C@H]2[C@H]3C=CC[C@@H](C)[C@@H]3C(=O)N2Cc2ccccc2)c1. The average Bonchev–Trinajstić information content (AvgIpc) is 3.14. The summed E-state index contributed by atoms with van der Waals surface area (Å²) in [4.78, 5) is 15.9. The van der Waals surface area contributed by atoms with Crippen molar-refractivity contribution in [1.82, 2.24) is 4.90 Å². The van der Waals surface area contributed by atoms with Gasteiger partial charge in [-0.15, -0.1) is 0 Å². The molecular formula is C31H39NO2. The van der Waals surface area contributed by atoms with Gasteiger partial charge in [0.15, 0.2) is 0 Å². The largest absolute Gasteiger partial charge is 0.496 e. The van der Waals surface area contributed by atoms with Crippen LogP contribution in [0.25, 0.3) is 6.08 Å². The second kappa shape index (κ2) is 11.6. The van der Waals surface area contributed by atoms with E-state index < -0.39 is 0 Å². The van der Waals surface area contributed by atoms with E-state index in [0.717, 1.165) is 24.2 Å². The molecule has 0 saturated carbocycles. The minimum Gasteiger partial charge on any atom is -0.496 e. The molecule has 1 amide bonds. The Balaban J connectivity index is 1.66. The highest BCUT2D eigenvalue weighted by Crippen LogP contribution is 2.50. The number of likely N-dealkylation sites (tertiary alicyclic amines) is 1. The summed E-state index contributed by atoms with van der Waals surface area (Å²) in [6, 6.07) is 16.8. The van der Waals surface area contributed by atoms with Crippen LogP contribution in [0.5, 0.6) is 5.75 Å². The summed E-state index contributed by atoms with van der Waals surface area (Å²) in [6.45, 7) is 5.09. The van der Waals surface area contributed by atoms with Gasteiger partial charge in [0, 0.05) is 23.9 Å². The number of carbonyl (C=O) groups is 1. The molecule has 3 nitrogen and oxygen atoms in total. The highest BCUT2D eigenvalue weighted by atomic mass is 16.5. The van der Waals surface area contributed by atoms with Crippen molar-refractivity contribution in [1.29, 1.82) is 0 Å². The van der Waals surface area contributed by atoms with E-state index in [1.807, 2.05) is 18.2 Å². The molecule has 1 fully saturated rings. The summed E-state index contributed by atoms with van der Waals surface area (Å²) in [7, 11) is 1.73. The first kappa shape index (κ1) is 24.3. The summed E-state index contributed by atoms with van der Waals surface area (Å²) < 4.78 is 5.84. The third kappa shape index (κ3) is 5.29. The molecule has 0 aromatic heterocycles. The van der Waals surface area contributed by atoms with Crippen molar-refractivity contribution < 1.29 is 9.53 Å². The molecule has 34 heavy (non-hydrogen) atoms. The number of allylic oxidation sites excluding steroid dienone is 2. The van der Waals surface area contributed by atoms with Gasteiger partial charge in [0.2, 0.25) is 5.91 Å². The minimum absolute atomic E-state index is 0.0236. The average molecular weight is 458 g/mol. The van der Waals surface area contributed by atoms with Crippen LogP contribution in [-0.4, -0.2) is 17.9 Å². The van der Waals surface area contributed by atoms with Crippen LogP contribution >= 0.6 is 0 Å². The number of nitrogens with zero attached hydrogens (tertiary/aromatic N) is 1. The molecule has 180 valence electrons. The summed E-state index contributed by atoms with van der Waals surface area (Å²) in [5.41, 5.74) is 3.46. The zero-order valence-electron chi connectivity index (χ0n) is 21.0. The number of ether oxygens (including phenoxy) is 1. The van der Waals surface area contributed by atoms with Gasteiger partial charge >= 0.3 is 0 Å². The van der Waals surface area contributed by atoms with Crippen LogP contribution in [0, 0.1) is 17.8 Å². The third-order valence-corrected chi connectivity index (χ3v) is 7.47. The van der Waals surface area contributed by atoms with Crippen molar-refractivity contribution in [2.24, 2.45) is 17.8 Å². The van der Waals surface area contributed by atoms with E-state index in [1.165, 1.54) is 36.8 Å². The zero-order chi connectivity index (χ0) is 23.9. The molecule has 2 aliphatic rings. The van der Waals surface area contributed by atoms with Crippen LogP contribution in [-0.2, 0) is 11.3 Å². The molecule has 0 unspecified atom stereocenters. The maximum Gasteiger partial charge on any atom is 0.227 e. The van der Waals surface area contributed by atoms with Crippen LogP contribution in [0.1, 0.15) is 75.1 Å². The number of hydrogen-bond acceptors (Lipinski definition) is 2. The Bertz CT molecular complexity index is 1010. The van der Waals surface area contributed by atoms with Gasteiger partial charge < -0.3 is 9.64 Å². The highest BCUT2D eigenvalue weighted by Gasteiger charge is 2.50. The van der Waals surface area contributed by atoms with Gasteiger partial charge in [-0.2, -0.15) is 0 Å². The lowest BCUT2D eigenvalue weighted by Gasteiger charge is -2.30. The van der Waals surface area contributed by atoms with Gasteiger partial charge in [-0.05, 0) is 48.4 Å². The summed E-state index contributed by atoms with van der Waals surface area (Å²) in [5, 5.41) is 0. The van der Waals surface area contributed by atoms with Gasteiger partial charge in [0.05, 0.1) is 13.2 Å². The molecule has 1 aliphatic heterocycles. The molecule has 1 aliphatic carbocycles. The van der Waals surface area contributed by atoms with Crippen molar-refractivity contribution in [3.63, 3.8) is 0 Å². The second-order valence-electron chi connectivity index (χ2n) is 9.89.